The molecule has 0 bridgehead atoms. The second-order valence-corrected chi connectivity index (χ2v) is 3.41. The van der Waals surface area contributed by atoms with Crippen molar-refractivity contribution in [3.05, 3.63) is 29.5 Å². The minimum absolute atomic E-state index is 0.0430. The van der Waals surface area contributed by atoms with Crippen molar-refractivity contribution < 1.29 is 9.21 Å². The van der Waals surface area contributed by atoms with Crippen LogP contribution in [0.25, 0.3) is 0 Å². The standard InChI is InChI=1S/C10H12N4O2/c1-3-9-7(4-5-16-9)8(15)6-10-11-13-14(2)12-10/h4-5H,3,6H2,1-2H3. The van der Waals surface area contributed by atoms with E-state index in [0.717, 1.165) is 0 Å². The first-order chi connectivity index (χ1) is 7.70. The van der Waals surface area contributed by atoms with Crippen LogP contribution in [0, 0.1) is 0 Å². The predicted octanol–water partition coefficient (Wildman–Crippen LogP) is 0.791. The summed E-state index contributed by atoms with van der Waals surface area (Å²) in [7, 11) is 1.66. The number of hydrogen-bond acceptors (Lipinski definition) is 5. The lowest BCUT2D eigenvalue weighted by Gasteiger charge is -1.96. The SMILES string of the molecule is CCc1occc1C(=O)Cc1nnn(C)n1. The fraction of sp³-hybridized carbons (Fsp3) is 0.400. The molecule has 6 heteroatoms. The summed E-state index contributed by atoms with van der Waals surface area (Å²) in [6.45, 7) is 1.94. The molecular formula is C10H12N4O2. The molecule has 6 nitrogen and oxygen atoms in total. The fourth-order valence-corrected chi connectivity index (χ4v) is 1.50. The van der Waals surface area contributed by atoms with E-state index >= 15 is 0 Å². The molecule has 2 aromatic heterocycles. The first kappa shape index (κ1) is 10.5. The first-order valence-electron chi connectivity index (χ1n) is 5.03. The van der Waals surface area contributed by atoms with Gasteiger partial charge in [0.05, 0.1) is 25.3 Å². The number of nitrogens with zero attached hydrogens (tertiary/aromatic N) is 4. The van der Waals surface area contributed by atoms with E-state index in [2.05, 4.69) is 15.4 Å². The highest BCUT2D eigenvalue weighted by Crippen LogP contribution is 2.13. The molecule has 0 amide bonds. The molecule has 0 aliphatic rings. The van der Waals surface area contributed by atoms with Crippen LogP contribution in [0.5, 0.6) is 0 Å². The van der Waals surface area contributed by atoms with Crippen LogP contribution in [-0.2, 0) is 19.9 Å². The molecule has 0 fully saturated rings. The van der Waals surface area contributed by atoms with Gasteiger partial charge in [0.2, 0.25) is 0 Å². The Hall–Kier alpha value is -1.98. The van der Waals surface area contributed by atoms with Gasteiger partial charge in [-0.05, 0) is 11.3 Å². The van der Waals surface area contributed by atoms with Crippen molar-refractivity contribution in [3.63, 3.8) is 0 Å². The van der Waals surface area contributed by atoms with Crippen molar-refractivity contribution in [3.8, 4) is 0 Å². The van der Waals surface area contributed by atoms with Gasteiger partial charge in [-0.15, -0.1) is 10.2 Å². The quantitative estimate of drug-likeness (QED) is 0.712. The average Bonchev–Trinajstić information content (AvgIpc) is 2.86. The molecule has 0 saturated carbocycles. The lowest BCUT2D eigenvalue weighted by Crippen LogP contribution is -2.06. The van der Waals surface area contributed by atoms with E-state index < -0.39 is 0 Å². The van der Waals surface area contributed by atoms with Gasteiger partial charge in [0, 0.05) is 6.42 Å². The van der Waals surface area contributed by atoms with E-state index in [1.54, 1.807) is 13.1 Å². The zero-order valence-corrected chi connectivity index (χ0v) is 9.17. The molecule has 0 saturated heterocycles. The van der Waals surface area contributed by atoms with E-state index in [-0.39, 0.29) is 12.2 Å². The molecule has 2 rings (SSSR count). The maximum absolute atomic E-state index is 11.9. The third-order valence-electron chi connectivity index (χ3n) is 2.24. The Bertz CT molecular complexity index is 500. The summed E-state index contributed by atoms with van der Waals surface area (Å²) in [4.78, 5) is 13.2. The molecule has 0 atom stereocenters. The molecule has 0 aromatic carbocycles. The van der Waals surface area contributed by atoms with Gasteiger partial charge in [-0.3, -0.25) is 4.79 Å². The van der Waals surface area contributed by atoms with Gasteiger partial charge in [-0.1, -0.05) is 6.92 Å². The lowest BCUT2D eigenvalue weighted by atomic mass is 10.1. The van der Waals surface area contributed by atoms with Crippen LogP contribution in [0.1, 0.15) is 28.9 Å². The Morgan fingerprint density at radius 2 is 2.38 bits per heavy atom. The van der Waals surface area contributed by atoms with Gasteiger partial charge in [0.25, 0.3) is 0 Å². The second kappa shape index (κ2) is 4.26. The zero-order chi connectivity index (χ0) is 11.5. The van der Waals surface area contributed by atoms with Crippen LogP contribution in [0.15, 0.2) is 16.7 Å². The summed E-state index contributed by atoms with van der Waals surface area (Å²) in [6.07, 6.45) is 2.37. The summed E-state index contributed by atoms with van der Waals surface area (Å²) >= 11 is 0. The Balaban J connectivity index is 2.14. The van der Waals surface area contributed by atoms with Crippen molar-refractivity contribution >= 4 is 5.78 Å². The number of Topliss-reactive ketones (excluding diaryl/α,β-unsaturated/α-hetero) is 1. The predicted molar refractivity (Wildman–Crippen MR) is 54.9 cm³/mol. The van der Waals surface area contributed by atoms with Gasteiger partial charge in [-0.2, -0.15) is 4.80 Å². The number of carbonyl (C=O) groups excluding carboxylic acids is 1. The number of hydrogen-bond donors (Lipinski definition) is 0. The molecule has 2 heterocycles. The molecule has 84 valence electrons. The van der Waals surface area contributed by atoms with E-state index in [4.69, 9.17) is 4.42 Å². The molecule has 0 aliphatic heterocycles. The summed E-state index contributed by atoms with van der Waals surface area (Å²) in [6, 6.07) is 1.68. The highest BCUT2D eigenvalue weighted by Gasteiger charge is 2.15. The highest BCUT2D eigenvalue weighted by atomic mass is 16.3. The third-order valence-corrected chi connectivity index (χ3v) is 2.24. The largest absolute Gasteiger partial charge is 0.469 e. The second-order valence-electron chi connectivity index (χ2n) is 3.41. The Labute approximate surface area is 92.3 Å². The molecule has 0 aliphatic carbocycles. The fourth-order valence-electron chi connectivity index (χ4n) is 1.50. The smallest absolute Gasteiger partial charge is 0.182 e. The molecule has 0 N–H and O–H groups in total. The van der Waals surface area contributed by atoms with E-state index in [1.165, 1.54) is 11.1 Å². The normalized spacial score (nSPS) is 10.6. The first-order valence-corrected chi connectivity index (χ1v) is 5.03. The van der Waals surface area contributed by atoms with Crippen molar-refractivity contribution in [2.45, 2.75) is 19.8 Å². The van der Waals surface area contributed by atoms with Crippen LogP contribution in [0.2, 0.25) is 0 Å². The van der Waals surface area contributed by atoms with Crippen molar-refractivity contribution in [1.82, 2.24) is 20.2 Å². The number of aryl methyl sites for hydroxylation is 2. The van der Waals surface area contributed by atoms with Crippen LogP contribution in [-0.4, -0.2) is 26.0 Å². The molecule has 0 radical (unpaired) electrons. The lowest BCUT2D eigenvalue weighted by molar-refractivity contribution is 0.0989. The number of carbonyl (C=O) groups is 1. The number of rotatable bonds is 4. The minimum Gasteiger partial charge on any atom is -0.469 e. The van der Waals surface area contributed by atoms with Crippen LogP contribution < -0.4 is 0 Å². The number of aromatic nitrogens is 4. The highest BCUT2D eigenvalue weighted by molar-refractivity contribution is 5.97. The zero-order valence-electron chi connectivity index (χ0n) is 9.17. The Kier molecular flexibility index (Phi) is 2.80. The summed E-state index contributed by atoms with van der Waals surface area (Å²) in [5.74, 6) is 1.09. The summed E-state index contributed by atoms with van der Waals surface area (Å²) < 4.78 is 5.20. The van der Waals surface area contributed by atoms with E-state index in [9.17, 15) is 4.79 Å². The minimum atomic E-state index is -0.0430. The maximum atomic E-state index is 11.9. The van der Waals surface area contributed by atoms with Crippen molar-refractivity contribution in [2.24, 2.45) is 7.05 Å². The molecular weight excluding hydrogens is 208 g/mol. The van der Waals surface area contributed by atoms with Gasteiger partial charge >= 0.3 is 0 Å². The van der Waals surface area contributed by atoms with Gasteiger partial charge < -0.3 is 4.42 Å². The molecule has 0 unspecified atom stereocenters. The van der Waals surface area contributed by atoms with Crippen LogP contribution in [0.4, 0.5) is 0 Å². The van der Waals surface area contributed by atoms with Crippen molar-refractivity contribution in [2.75, 3.05) is 0 Å². The molecule has 2 aromatic rings. The molecule has 0 spiro atoms. The van der Waals surface area contributed by atoms with Crippen molar-refractivity contribution in [1.29, 1.82) is 0 Å². The van der Waals surface area contributed by atoms with Crippen LogP contribution >= 0.6 is 0 Å². The summed E-state index contributed by atoms with van der Waals surface area (Å²) in [5, 5.41) is 11.4. The van der Waals surface area contributed by atoms with E-state index in [0.29, 0.717) is 23.6 Å². The van der Waals surface area contributed by atoms with Crippen LogP contribution in [0.3, 0.4) is 0 Å². The molecule has 16 heavy (non-hydrogen) atoms. The van der Waals surface area contributed by atoms with Gasteiger partial charge in [0.15, 0.2) is 11.6 Å². The topological polar surface area (TPSA) is 73.8 Å². The number of furan rings is 1. The summed E-state index contributed by atoms with van der Waals surface area (Å²) in [5.41, 5.74) is 0.606. The maximum Gasteiger partial charge on any atom is 0.182 e. The number of ketones is 1. The van der Waals surface area contributed by atoms with Gasteiger partial charge in [-0.25, -0.2) is 0 Å². The Morgan fingerprint density at radius 1 is 1.56 bits per heavy atom. The Morgan fingerprint density at radius 3 is 3.00 bits per heavy atom. The van der Waals surface area contributed by atoms with Gasteiger partial charge in [0.1, 0.15) is 5.76 Å². The monoisotopic (exact) mass is 220 g/mol. The average molecular weight is 220 g/mol. The third kappa shape index (κ3) is 2.00. The number of tetrazole rings is 1. The van der Waals surface area contributed by atoms with E-state index in [1.807, 2.05) is 6.92 Å².